The normalized spacial score (nSPS) is 26.1. The highest BCUT2D eigenvalue weighted by Gasteiger charge is 2.62. The number of hydrogen-bond donors (Lipinski definition) is 3. The Labute approximate surface area is 354 Å². The van der Waals surface area contributed by atoms with Crippen LogP contribution in [0.2, 0.25) is 0 Å². The first-order valence-electron chi connectivity index (χ1n) is 21.5. The number of pyridine rings is 1. The number of furan rings is 1. The predicted octanol–water partition coefficient (Wildman–Crippen LogP) is 6.05. The number of carbonyl (C=O) groups is 4. The van der Waals surface area contributed by atoms with E-state index in [2.05, 4.69) is 15.4 Å². The van der Waals surface area contributed by atoms with Crippen molar-refractivity contribution >= 4 is 55.9 Å². The number of benzene rings is 2. The minimum absolute atomic E-state index is 0.0173. The average molecular weight is 854 g/mol. The van der Waals surface area contributed by atoms with Gasteiger partial charge in [-0.2, -0.15) is 0 Å². The smallest absolute Gasteiger partial charge is 0.408 e. The van der Waals surface area contributed by atoms with Crippen molar-refractivity contribution in [3.05, 3.63) is 66.7 Å². The van der Waals surface area contributed by atoms with E-state index in [0.717, 1.165) is 44.1 Å². The molecule has 3 aliphatic carbocycles. The number of amides is 4. The molecule has 5 aliphatic rings. The van der Waals surface area contributed by atoms with Gasteiger partial charge in [0.25, 0.3) is 5.91 Å². The molecule has 9 rings (SSSR count). The lowest BCUT2D eigenvalue weighted by atomic mass is 10.0. The fourth-order valence-corrected chi connectivity index (χ4v) is 10.4. The predicted molar refractivity (Wildman–Crippen MR) is 225 cm³/mol. The summed E-state index contributed by atoms with van der Waals surface area (Å²) in [6.45, 7) is -0.0423. The highest BCUT2D eigenvalue weighted by molar-refractivity contribution is 7.91. The molecule has 2 aromatic carbocycles. The molecular formula is C45H51N5O10S. The second-order valence-corrected chi connectivity index (χ2v) is 19.0. The van der Waals surface area contributed by atoms with E-state index in [1.54, 1.807) is 19.2 Å². The van der Waals surface area contributed by atoms with Gasteiger partial charge in [0.2, 0.25) is 21.8 Å². The number of carbonyl (C=O) groups excluding carboxylic acids is 4. The van der Waals surface area contributed by atoms with Gasteiger partial charge in [0.1, 0.15) is 35.3 Å². The Morgan fingerprint density at radius 2 is 1.70 bits per heavy atom. The van der Waals surface area contributed by atoms with Crippen molar-refractivity contribution < 1.29 is 46.2 Å². The Bertz CT molecular complexity index is 2480. The van der Waals surface area contributed by atoms with Gasteiger partial charge in [0, 0.05) is 24.0 Å². The SMILES string of the molecule is COc1cccc2c1oc1c(O[C@@H]3C[C@H]4C(=O)N[C@]5(C(=O)NS(=O)(=O)C6CC6)C[C@H]5C=CCCCCC[C@H](NC(=O)OC5CCCC5)C(=O)N4C3)cc(-c3ccccc3)nc12. The monoisotopic (exact) mass is 853 g/mol. The van der Waals surface area contributed by atoms with Crippen LogP contribution in [0.5, 0.6) is 11.5 Å². The number of alkyl carbamates (subject to hydrolysis) is 1. The maximum atomic E-state index is 14.8. The number of para-hydroxylation sites is 1. The van der Waals surface area contributed by atoms with Crippen LogP contribution in [0.1, 0.15) is 83.5 Å². The molecule has 2 aliphatic heterocycles. The van der Waals surface area contributed by atoms with Crippen molar-refractivity contribution in [1.82, 2.24) is 25.2 Å². The van der Waals surface area contributed by atoms with E-state index in [1.165, 1.54) is 4.90 Å². The first-order chi connectivity index (χ1) is 29.5. The molecule has 4 aromatic rings. The molecule has 0 spiro atoms. The summed E-state index contributed by atoms with van der Waals surface area (Å²) in [7, 11) is -2.36. The summed E-state index contributed by atoms with van der Waals surface area (Å²) in [6.07, 6.45) is 9.96. The minimum atomic E-state index is -3.92. The van der Waals surface area contributed by atoms with Crippen molar-refractivity contribution in [2.45, 2.75) is 119 Å². The van der Waals surface area contributed by atoms with Gasteiger partial charge in [-0.15, -0.1) is 0 Å². The van der Waals surface area contributed by atoms with Crippen LogP contribution in [0.3, 0.4) is 0 Å². The number of allylic oxidation sites excluding steroid dienone is 1. The van der Waals surface area contributed by atoms with Crippen LogP contribution >= 0.6 is 0 Å². The lowest BCUT2D eigenvalue weighted by molar-refractivity contribution is -0.141. The molecule has 61 heavy (non-hydrogen) atoms. The van der Waals surface area contributed by atoms with Crippen molar-refractivity contribution in [3.8, 4) is 22.8 Å². The van der Waals surface area contributed by atoms with Gasteiger partial charge in [-0.25, -0.2) is 18.2 Å². The molecule has 322 valence electrons. The summed E-state index contributed by atoms with van der Waals surface area (Å²) >= 11 is 0. The zero-order chi connectivity index (χ0) is 42.3. The minimum Gasteiger partial charge on any atom is -0.493 e. The van der Waals surface area contributed by atoms with Gasteiger partial charge in [-0.1, -0.05) is 61.4 Å². The van der Waals surface area contributed by atoms with Gasteiger partial charge in [-0.05, 0) is 76.3 Å². The summed E-state index contributed by atoms with van der Waals surface area (Å²) < 4.78 is 52.7. The molecule has 0 radical (unpaired) electrons. The molecule has 1 saturated heterocycles. The lowest BCUT2D eigenvalue weighted by Crippen LogP contribution is -2.58. The molecular weight excluding hydrogens is 803 g/mol. The van der Waals surface area contributed by atoms with E-state index in [1.807, 2.05) is 54.6 Å². The highest BCUT2D eigenvalue weighted by atomic mass is 32.2. The molecule has 4 amide bonds. The third kappa shape index (κ3) is 8.38. The van der Waals surface area contributed by atoms with E-state index in [9.17, 15) is 27.6 Å². The molecule has 2 aromatic heterocycles. The molecule has 3 N–H and O–H groups in total. The third-order valence-corrected chi connectivity index (χ3v) is 14.5. The molecule has 15 nitrogen and oxygen atoms in total. The summed E-state index contributed by atoms with van der Waals surface area (Å²) in [5.41, 5.74) is 1.30. The van der Waals surface area contributed by atoms with Gasteiger partial charge in [0.15, 0.2) is 22.7 Å². The van der Waals surface area contributed by atoms with E-state index < -0.39 is 68.7 Å². The van der Waals surface area contributed by atoms with Gasteiger partial charge < -0.3 is 34.2 Å². The largest absolute Gasteiger partial charge is 0.493 e. The van der Waals surface area contributed by atoms with Crippen LogP contribution < -0.4 is 24.8 Å². The number of methoxy groups -OCH3 is 1. The quantitative estimate of drug-likeness (QED) is 0.166. The molecule has 16 heteroatoms. The Morgan fingerprint density at radius 3 is 2.48 bits per heavy atom. The van der Waals surface area contributed by atoms with Crippen LogP contribution in [0.15, 0.2) is 71.2 Å². The summed E-state index contributed by atoms with van der Waals surface area (Å²) in [4.78, 5) is 63.0. The van der Waals surface area contributed by atoms with E-state index >= 15 is 0 Å². The average Bonchev–Trinajstić information content (AvgIpc) is 4.06. The maximum Gasteiger partial charge on any atom is 0.408 e. The molecule has 0 unspecified atom stereocenters. The number of fused-ring (bicyclic) bond motifs is 5. The van der Waals surface area contributed by atoms with Crippen LogP contribution in [-0.4, -0.2) is 90.9 Å². The van der Waals surface area contributed by atoms with Crippen molar-refractivity contribution in [2.75, 3.05) is 13.7 Å². The fraction of sp³-hybridized carbons (Fsp3) is 0.489. The van der Waals surface area contributed by atoms with Crippen LogP contribution in [0.4, 0.5) is 4.79 Å². The number of nitrogens with one attached hydrogen (secondary N) is 3. The number of sulfonamides is 1. The van der Waals surface area contributed by atoms with Gasteiger partial charge in [0.05, 0.1) is 30.0 Å². The van der Waals surface area contributed by atoms with Gasteiger partial charge in [-0.3, -0.25) is 19.1 Å². The number of rotatable bonds is 9. The standard InChI is InChI=1S/C45H51N5O10S/c1-57-36-20-12-18-32-38-40(60-39(32)36)37(24-34(46-38)27-13-6-5-7-14-27)58-30-23-35-41(51)48-45(43(53)49-61(55,56)31-21-22-31)25-28(45)15-8-3-2-4-9-19-33(42(52)50(35)26-30)47-44(54)59-29-16-10-11-17-29/h5-8,12-15,18,20,24,28-31,33,35H,2-4,9-11,16-17,19,21-23,25-26H2,1H3,(H,47,54)(H,48,51)(H,49,53)/t28-,30-,33+,35+,45-/m1/s1. The molecule has 4 heterocycles. The summed E-state index contributed by atoms with van der Waals surface area (Å²) in [5, 5.41) is 5.83. The summed E-state index contributed by atoms with van der Waals surface area (Å²) in [5.74, 6) is -1.50. The molecule has 0 bridgehead atoms. The van der Waals surface area contributed by atoms with Crippen molar-refractivity contribution in [3.63, 3.8) is 0 Å². The molecule has 4 fully saturated rings. The zero-order valence-corrected chi connectivity index (χ0v) is 34.9. The van der Waals surface area contributed by atoms with E-state index in [-0.39, 0.29) is 25.5 Å². The molecule has 3 saturated carbocycles. The van der Waals surface area contributed by atoms with Crippen LogP contribution in [0.25, 0.3) is 33.3 Å². The second kappa shape index (κ2) is 16.7. The van der Waals surface area contributed by atoms with Gasteiger partial charge >= 0.3 is 6.09 Å². The van der Waals surface area contributed by atoms with Crippen molar-refractivity contribution in [2.24, 2.45) is 5.92 Å². The summed E-state index contributed by atoms with van der Waals surface area (Å²) in [6, 6.07) is 14.8. The topological polar surface area (TPSA) is 195 Å². The van der Waals surface area contributed by atoms with Crippen LogP contribution in [0, 0.1) is 5.92 Å². The first kappa shape index (κ1) is 40.7. The van der Waals surface area contributed by atoms with E-state index in [0.29, 0.717) is 71.4 Å². The number of aromatic nitrogens is 1. The van der Waals surface area contributed by atoms with Crippen molar-refractivity contribution in [1.29, 1.82) is 0 Å². The first-order valence-corrected chi connectivity index (χ1v) is 23.0. The Balaban J connectivity index is 1.06. The van der Waals surface area contributed by atoms with Crippen LogP contribution in [-0.2, 0) is 29.1 Å². The third-order valence-electron chi connectivity index (χ3n) is 12.7. The zero-order valence-electron chi connectivity index (χ0n) is 34.1. The molecule has 5 atom stereocenters. The van der Waals surface area contributed by atoms with E-state index in [4.69, 9.17) is 23.6 Å². The maximum absolute atomic E-state index is 14.8. The number of ether oxygens (including phenoxy) is 3. The Hall–Kier alpha value is -5.64. The second-order valence-electron chi connectivity index (χ2n) is 17.0. The number of hydrogen-bond acceptors (Lipinski definition) is 11. The lowest BCUT2D eigenvalue weighted by Gasteiger charge is -2.30. The Morgan fingerprint density at radius 1 is 0.918 bits per heavy atom. The number of nitrogens with zero attached hydrogens (tertiary/aromatic N) is 2. The highest BCUT2D eigenvalue weighted by Crippen LogP contribution is 2.46. The fourth-order valence-electron chi connectivity index (χ4n) is 9.07. The Kier molecular flexibility index (Phi) is 11.1.